The molecule has 0 amide bonds. The molecule has 0 aliphatic carbocycles. The normalized spacial score (nSPS) is 12.1. The molecule has 0 saturated carbocycles. The summed E-state index contributed by atoms with van der Waals surface area (Å²) in [5.41, 5.74) is 2.88. The number of hydrazine groups is 1. The van der Waals surface area contributed by atoms with Crippen molar-refractivity contribution in [3.05, 3.63) is 35.2 Å². The molecule has 1 heterocycles. The number of thiophene rings is 1. The van der Waals surface area contributed by atoms with E-state index in [-0.39, 0.29) is 6.04 Å². The molecular formula is C14H16N2S. The van der Waals surface area contributed by atoms with Crippen molar-refractivity contribution >= 4 is 21.4 Å². The molecule has 1 unspecified atom stereocenters. The zero-order chi connectivity index (χ0) is 12.1. The number of rotatable bonds is 4. The van der Waals surface area contributed by atoms with E-state index in [0.717, 1.165) is 12.8 Å². The van der Waals surface area contributed by atoms with Gasteiger partial charge in [0.15, 0.2) is 0 Å². The van der Waals surface area contributed by atoms with E-state index in [0.29, 0.717) is 0 Å². The molecule has 1 aromatic carbocycles. The van der Waals surface area contributed by atoms with Crippen LogP contribution in [0.15, 0.2) is 30.3 Å². The second-order valence-corrected chi connectivity index (χ2v) is 4.99. The molecule has 0 fully saturated rings. The maximum Gasteiger partial charge on any atom is 0.0562 e. The van der Waals surface area contributed by atoms with Gasteiger partial charge >= 0.3 is 0 Å². The third kappa shape index (κ3) is 2.86. The first-order valence-electron chi connectivity index (χ1n) is 5.69. The van der Waals surface area contributed by atoms with Crippen LogP contribution in [0, 0.1) is 11.8 Å². The molecule has 0 aliphatic heterocycles. The van der Waals surface area contributed by atoms with Crippen molar-refractivity contribution in [2.45, 2.75) is 25.8 Å². The van der Waals surface area contributed by atoms with Gasteiger partial charge in [-0.1, -0.05) is 18.2 Å². The van der Waals surface area contributed by atoms with Crippen molar-refractivity contribution in [1.82, 2.24) is 5.43 Å². The number of nitrogens with two attached hydrogens (primary N) is 1. The first kappa shape index (κ1) is 12.1. The van der Waals surface area contributed by atoms with Gasteiger partial charge in [0.2, 0.25) is 0 Å². The van der Waals surface area contributed by atoms with Gasteiger partial charge in [-0.25, -0.2) is 0 Å². The van der Waals surface area contributed by atoms with Crippen LogP contribution < -0.4 is 11.3 Å². The SMILES string of the molecule is CC#CCCC(NN)c1cc2ccccc2s1. The van der Waals surface area contributed by atoms with Crippen molar-refractivity contribution in [2.24, 2.45) is 5.84 Å². The molecule has 3 N–H and O–H groups in total. The Labute approximate surface area is 106 Å². The summed E-state index contributed by atoms with van der Waals surface area (Å²) >= 11 is 1.80. The summed E-state index contributed by atoms with van der Waals surface area (Å²) in [5, 5.41) is 1.29. The zero-order valence-electron chi connectivity index (χ0n) is 9.86. The Kier molecular flexibility index (Phi) is 4.16. The van der Waals surface area contributed by atoms with Crippen LogP contribution in [0.25, 0.3) is 10.1 Å². The summed E-state index contributed by atoms with van der Waals surface area (Å²) in [4.78, 5) is 1.28. The second-order valence-electron chi connectivity index (χ2n) is 3.87. The fraction of sp³-hybridized carbons (Fsp3) is 0.286. The summed E-state index contributed by atoms with van der Waals surface area (Å²) < 4.78 is 1.31. The Balaban J connectivity index is 2.19. The van der Waals surface area contributed by atoms with Gasteiger partial charge in [-0.3, -0.25) is 11.3 Å². The number of benzene rings is 1. The van der Waals surface area contributed by atoms with E-state index in [4.69, 9.17) is 5.84 Å². The Hall–Kier alpha value is -1.34. The minimum Gasteiger partial charge on any atom is -0.271 e. The predicted molar refractivity (Wildman–Crippen MR) is 74.6 cm³/mol. The summed E-state index contributed by atoms with van der Waals surface area (Å²) in [7, 11) is 0. The molecule has 2 rings (SSSR count). The molecule has 1 atom stereocenters. The van der Waals surface area contributed by atoms with Crippen LogP contribution in [0.4, 0.5) is 0 Å². The van der Waals surface area contributed by atoms with Crippen molar-refractivity contribution in [3.63, 3.8) is 0 Å². The highest BCUT2D eigenvalue weighted by Crippen LogP contribution is 2.31. The van der Waals surface area contributed by atoms with Crippen LogP contribution in [0.1, 0.15) is 30.7 Å². The van der Waals surface area contributed by atoms with Gasteiger partial charge in [0.05, 0.1) is 6.04 Å². The van der Waals surface area contributed by atoms with E-state index >= 15 is 0 Å². The van der Waals surface area contributed by atoms with Crippen LogP contribution in [0.5, 0.6) is 0 Å². The number of hydrogen-bond donors (Lipinski definition) is 2. The molecule has 1 aromatic heterocycles. The van der Waals surface area contributed by atoms with Crippen molar-refractivity contribution in [3.8, 4) is 11.8 Å². The van der Waals surface area contributed by atoms with E-state index < -0.39 is 0 Å². The lowest BCUT2D eigenvalue weighted by Gasteiger charge is -2.11. The third-order valence-electron chi connectivity index (χ3n) is 2.72. The second kappa shape index (κ2) is 5.83. The van der Waals surface area contributed by atoms with Gasteiger partial charge in [0.25, 0.3) is 0 Å². The zero-order valence-corrected chi connectivity index (χ0v) is 10.7. The standard InChI is InChI=1S/C14H16N2S/c1-2-3-4-8-12(16-15)14-10-11-7-5-6-9-13(11)17-14/h5-7,9-10,12,16H,4,8,15H2,1H3. The molecule has 0 spiro atoms. The summed E-state index contributed by atoms with van der Waals surface area (Å²) in [6.07, 6.45) is 1.82. The molecule has 2 aromatic rings. The number of hydrogen-bond acceptors (Lipinski definition) is 3. The lowest BCUT2D eigenvalue weighted by molar-refractivity contribution is 0.532. The summed E-state index contributed by atoms with van der Waals surface area (Å²) in [5.74, 6) is 11.6. The highest BCUT2D eigenvalue weighted by Gasteiger charge is 2.11. The van der Waals surface area contributed by atoms with Gasteiger partial charge in [-0.2, -0.15) is 0 Å². The molecule has 0 radical (unpaired) electrons. The van der Waals surface area contributed by atoms with E-state index in [2.05, 4.69) is 47.6 Å². The average Bonchev–Trinajstić information content (AvgIpc) is 2.78. The minimum atomic E-state index is 0.202. The first-order valence-corrected chi connectivity index (χ1v) is 6.51. The van der Waals surface area contributed by atoms with E-state index in [1.54, 1.807) is 11.3 Å². The van der Waals surface area contributed by atoms with Crippen LogP contribution in [-0.4, -0.2) is 0 Å². The molecule has 3 heteroatoms. The minimum absolute atomic E-state index is 0.202. The average molecular weight is 244 g/mol. The maximum atomic E-state index is 5.62. The largest absolute Gasteiger partial charge is 0.271 e. The molecule has 0 aliphatic rings. The Morgan fingerprint density at radius 3 is 2.94 bits per heavy atom. The Morgan fingerprint density at radius 2 is 2.24 bits per heavy atom. The highest BCUT2D eigenvalue weighted by atomic mass is 32.1. The fourth-order valence-corrected chi connectivity index (χ4v) is 2.98. The smallest absolute Gasteiger partial charge is 0.0562 e. The first-order chi connectivity index (χ1) is 8.35. The topological polar surface area (TPSA) is 38.0 Å². The van der Waals surface area contributed by atoms with Crippen molar-refractivity contribution in [2.75, 3.05) is 0 Å². The monoisotopic (exact) mass is 244 g/mol. The van der Waals surface area contributed by atoms with Gasteiger partial charge in [0.1, 0.15) is 0 Å². The predicted octanol–water partition coefficient (Wildman–Crippen LogP) is 3.21. The fourth-order valence-electron chi connectivity index (χ4n) is 1.82. The van der Waals surface area contributed by atoms with Crippen LogP contribution in [-0.2, 0) is 0 Å². The Morgan fingerprint density at radius 1 is 1.41 bits per heavy atom. The van der Waals surface area contributed by atoms with Gasteiger partial charge in [-0.15, -0.1) is 23.2 Å². The highest BCUT2D eigenvalue weighted by molar-refractivity contribution is 7.19. The van der Waals surface area contributed by atoms with E-state index in [1.165, 1.54) is 15.0 Å². The lowest BCUT2D eigenvalue weighted by Crippen LogP contribution is -2.27. The number of fused-ring (bicyclic) bond motifs is 1. The Bertz CT molecular complexity index is 515. The lowest BCUT2D eigenvalue weighted by atomic mass is 10.1. The van der Waals surface area contributed by atoms with Crippen LogP contribution >= 0.6 is 11.3 Å². The van der Waals surface area contributed by atoms with Crippen LogP contribution in [0.3, 0.4) is 0 Å². The molecular weight excluding hydrogens is 228 g/mol. The quantitative estimate of drug-likeness (QED) is 0.492. The van der Waals surface area contributed by atoms with Crippen molar-refractivity contribution in [1.29, 1.82) is 0 Å². The van der Waals surface area contributed by atoms with Gasteiger partial charge < -0.3 is 0 Å². The van der Waals surface area contributed by atoms with Crippen LogP contribution in [0.2, 0.25) is 0 Å². The molecule has 88 valence electrons. The summed E-state index contributed by atoms with van der Waals surface area (Å²) in [6.45, 7) is 1.87. The molecule has 0 bridgehead atoms. The third-order valence-corrected chi connectivity index (χ3v) is 3.95. The molecule has 17 heavy (non-hydrogen) atoms. The molecule has 2 nitrogen and oxygen atoms in total. The van der Waals surface area contributed by atoms with Gasteiger partial charge in [-0.05, 0) is 30.9 Å². The van der Waals surface area contributed by atoms with Crippen molar-refractivity contribution < 1.29 is 0 Å². The van der Waals surface area contributed by atoms with Gasteiger partial charge in [0, 0.05) is 16.0 Å². The van der Waals surface area contributed by atoms with E-state index in [1.807, 2.05) is 6.92 Å². The number of nitrogens with one attached hydrogen (secondary N) is 1. The summed E-state index contributed by atoms with van der Waals surface area (Å²) in [6, 6.07) is 10.8. The molecule has 0 saturated heterocycles. The van der Waals surface area contributed by atoms with E-state index in [9.17, 15) is 0 Å². The maximum absolute atomic E-state index is 5.62.